The van der Waals surface area contributed by atoms with Gasteiger partial charge in [0, 0.05) is 26.2 Å². The van der Waals surface area contributed by atoms with E-state index in [2.05, 4.69) is 0 Å². The van der Waals surface area contributed by atoms with Crippen LogP contribution in [0.4, 0.5) is 8.78 Å². The highest BCUT2D eigenvalue weighted by molar-refractivity contribution is 5.78. The number of benzene rings is 2. The van der Waals surface area contributed by atoms with Gasteiger partial charge in [0.05, 0.1) is 19.2 Å². The molecule has 186 valence electrons. The molecule has 3 aromatic rings. The van der Waals surface area contributed by atoms with E-state index in [0.29, 0.717) is 38.3 Å². The zero-order valence-corrected chi connectivity index (χ0v) is 20.1. The lowest BCUT2D eigenvalue weighted by Gasteiger charge is -2.29. The van der Waals surface area contributed by atoms with Crippen LogP contribution in [0.3, 0.4) is 0 Å². The second-order valence-electron chi connectivity index (χ2n) is 9.12. The molecule has 1 saturated heterocycles. The maximum atomic E-state index is 13.8. The van der Waals surface area contributed by atoms with Crippen molar-refractivity contribution in [3.05, 3.63) is 94.9 Å². The maximum Gasteiger partial charge on any atom is 0.237 e. The smallest absolute Gasteiger partial charge is 0.237 e. The Balaban J connectivity index is 1.48. The quantitative estimate of drug-likeness (QED) is 0.381. The molecule has 0 saturated carbocycles. The molecule has 2 aromatic carbocycles. The summed E-state index contributed by atoms with van der Waals surface area (Å²) in [5.74, 6) is -0.278. The number of nitrogens with zero attached hydrogens (tertiary/aromatic N) is 2. The summed E-state index contributed by atoms with van der Waals surface area (Å²) in [7, 11) is 0. The number of carbonyl (C=O) groups is 1. The van der Waals surface area contributed by atoms with Crippen LogP contribution < -0.4 is 0 Å². The molecule has 4 rings (SSSR count). The largest absolute Gasteiger partial charge is 0.464 e. The molecule has 2 heterocycles. The van der Waals surface area contributed by atoms with Gasteiger partial charge >= 0.3 is 0 Å². The zero-order chi connectivity index (χ0) is 24.6. The molecule has 0 N–H and O–H groups in total. The molecule has 7 heteroatoms. The van der Waals surface area contributed by atoms with Gasteiger partial charge in [0.1, 0.15) is 11.5 Å². The second-order valence-corrected chi connectivity index (χ2v) is 9.12. The van der Waals surface area contributed by atoms with Crippen LogP contribution in [0.15, 0.2) is 65.1 Å². The Morgan fingerprint density at radius 2 is 1.83 bits per heavy atom. The van der Waals surface area contributed by atoms with Crippen molar-refractivity contribution < 1.29 is 22.7 Å². The van der Waals surface area contributed by atoms with Crippen molar-refractivity contribution in [2.75, 3.05) is 26.2 Å². The number of aryl methyl sites for hydroxylation is 1. The Bertz CT molecular complexity index is 1100. The summed E-state index contributed by atoms with van der Waals surface area (Å²) in [6, 6.07) is 17.7. The van der Waals surface area contributed by atoms with Gasteiger partial charge in [-0.2, -0.15) is 0 Å². The van der Waals surface area contributed by atoms with Crippen LogP contribution in [-0.2, 0) is 29.0 Å². The van der Waals surface area contributed by atoms with E-state index in [0.717, 1.165) is 42.4 Å². The minimum absolute atomic E-state index is 0.0265. The normalized spacial score (nSPS) is 15.6. The summed E-state index contributed by atoms with van der Waals surface area (Å²) in [6.45, 7) is 4.53. The van der Waals surface area contributed by atoms with E-state index < -0.39 is 11.6 Å². The summed E-state index contributed by atoms with van der Waals surface area (Å²) >= 11 is 0. The highest BCUT2D eigenvalue weighted by Crippen LogP contribution is 2.18. The first-order valence-corrected chi connectivity index (χ1v) is 12.1. The fraction of sp³-hybridized carbons (Fsp3) is 0.393. The number of hydrogen-bond donors (Lipinski definition) is 0. The van der Waals surface area contributed by atoms with Gasteiger partial charge in [0.25, 0.3) is 0 Å². The van der Waals surface area contributed by atoms with Crippen molar-refractivity contribution in [2.24, 2.45) is 0 Å². The summed E-state index contributed by atoms with van der Waals surface area (Å²) in [5.41, 5.74) is 1.77. The number of amides is 1. The average molecular weight is 483 g/mol. The molecule has 1 atom stereocenters. The second kappa shape index (κ2) is 12.1. The fourth-order valence-electron chi connectivity index (χ4n) is 4.41. The third-order valence-corrected chi connectivity index (χ3v) is 6.24. The molecule has 0 aliphatic carbocycles. The van der Waals surface area contributed by atoms with E-state index in [-0.39, 0.29) is 18.6 Å². The first-order valence-electron chi connectivity index (χ1n) is 12.1. The SMILES string of the molecule is Cc1ccc(CN(CCc2ccccc2)C(=O)CN(Cc2ccc(F)c(F)c2)C[C@H]2CCCO2)o1. The van der Waals surface area contributed by atoms with Crippen molar-refractivity contribution in [2.45, 2.75) is 45.4 Å². The molecular weight excluding hydrogens is 450 g/mol. The van der Waals surface area contributed by atoms with Gasteiger partial charge in [0.15, 0.2) is 11.6 Å². The maximum absolute atomic E-state index is 13.8. The zero-order valence-electron chi connectivity index (χ0n) is 20.1. The van der Waals surface area contributed by atoms with E-state index in [1.165, 1.54) is 6.07 Å². The van der Waals surface area contributed by atoms with Gasteiger partial charge < -0.3 is 14.1 Å². The molecule has 0 bridgehead atoms. The molecule has 1 aromatic heterocycles. The van der Waals surface area contributed by atoms with Gasteiger partial charge in [0.2, 0.25) is 5.91 Å². The predicted octanol–water partition coefficient (Wildman–Crippen LogP) is 5.12. The number of furan rings is 1. The first-order chi connectivity index (χ1) is 17.0. The van der Waals surface area contributed by atoms with Crippen LogP contribution in [0.25, 0.3) is 0 Å². The highest BCUT2D eigenvalue weighted by Gasteiger charge is 2.24. The first kappa shape index (κ1) is 25.1. The van der Waals surface area contributed by atoms with E-state index in [4.69, 9.17) is 9.15 Å². The van der Waals surface area contributed by atoms with Crippen molar-refractivity contribution >= 4 is 5.91 Å². The summed E-state index contributed by atoms with van der Waals surface area (Å²) in [5, 5.41) is 0. The van der Waals surface area contributed by atoms with Crippen LogP contribution in [-0.4, -0.2) is 48.1 Å². The lowest BCUT2D eigenvalue weighted by atomic mass is 10.1. The van der Waals surface area contributed by atoms with Crippen LogP contribution >= 0.6 is 0 Å². The van der Waals surface area contributed by atoms with Crippen LogP contribution in [0, 0.1) is 18.6 Å². The van der Waals surface area contributed by atoms with Gasteiger partial charge in [-0.05, 0) is 61.6 Å². The van der Waals surface area contributed by atoms with Crippen LogP contribution in [0.5, 0.6) is 0 Å². The molecule has 35 heavy (non-hydrogen) atoms. The number of rotatable bonds is 11. The Morgan fingerprint density at radius 1 is 1.00 bits per heavy atom. The summed E-state index contributed by atoms with van der Waals surface area (Å²) in [4.78, 5) is 17.3. The van der Waals surface area contributed by atoms with Gasteiger partial charge in [-0.3, -0.25) is 9.69 Å². The fourth-order valence-corrected chi connectivity index (χ4v) is 4.41. The molecule has 0 unspecified atom stereocenters. The van der Waals surface area contributed by atoms with Crippen molar-refractivity contribution in [3.63, 3.8) is 0 Å². The molecule has 0 radical (unpaired) electrons. The molecular formula is C28H32F2N2O3. The number of halogens is 2. The Kier molecular flexibility index (Phi) is 8.66. The van der Waals surface area contributed by atoms with Crippen molar-refractivity contribution in [1.82, 2.24) is 9.80 Å². The van der Waals surface area contributed by atoms with Gasteiger partial charge in [-0.25, -0.2) is 8.78 Å². The van der Waals surface area contributed by atoms with Gasteiger partial charge in [-0.1, -0.05) is 36.4 Å². The molecule has 1 aliphatic rings. The van der Waals surface area contributed by atoms with E-state index in [1.54, 1.807) is 11.0 Å². The molecule has 1 fully saturated rings. The minimum Gasteiger partial charge on any atom is -0.464 e. The average Bonchev–Trinajstić information content (AvgIpc) is 3.51. The third-order valence-electron chi connectivity index (χ3n) is 6.24. The molecule has 5 nitrogen and oxygen atoms in total. The lowest BCUT2D eigenvalue weighted by molar-refractivity contribution is -0.133. The monoisotopic (exact) mass is 482 g/mol. The number of carbonyl (C=O) groups excluding carboxylic acids is 1. The molecule has 0 spiro atoms. The van der Waals surface area contributed by atoms with Gasteiger partial charge in [-0.15, -0.1) is 0 Å². The highest BCUT2D eigenvalue weighted by atomic mass is 19.2. The Morgan fingerprint density at radius 3 is 2.51 bits per heavy atom. The topological polar surface area (TPSA) is 45.9 Å². The Labute approximate surface area is 205 Å². The van der Waals surface area contributed by atoms with E-state index in [9.17, 15) is 13.6 Å². The van der Waals surface area contributed by atoms with Crippen molar-refractivity contribution in [3.8, 4) is 0 Å². The van der Waals surface area contributed by atoms with Crippen molar-refractivity contribution in [1.29, 1.82) is 0 Å². The number of ether oxygens (including phenoxy) is 1. The van der Waals surface area contributed by atoms with E-state index in [1.807, 2.05) is 54.3 Å². The third kappa shape index (κ3) is 7.47. The van der Waals surface area contributed by atoms with Crippen LogP contribution in [0.1, 0.15) is 35.5 Å². The molecule has 1 aliphatic heterocycles. The summed E-state index contributed by atoms with van der Waals surface area (Å²) < 4.78 is 38.8. The van der Waals surface area contributed by atoms with E-state index >= 15 is 0 Å². The summed E-state index contributed by atoms with van der Waals surface area (Å²) in [6.07, 6.45) is 2.66. The lowest BCUT2D eigenvalue weighted by Crippen LogP contribution is -2.43. The van der Waals surface area contributed by atoms with Crippen LogP contribution in [0.2, 0.25) is 0 Å². The predicted molar refractivity (Wildman–Crippen MR) is 130 cm³/mol. The molecule has 1 amide bonds. The minimum atomic E-state index is -0.886. The number of hydrogen-bond acceptors (Lipinski definition) is 4. The standard InChI is InChI=1S/C28H32F2N2O3/c1-21-9-11-25(35-21)19-32(14-13-22-6-3-2-4-7-22)28(33)20-31(18-24-8-5-15-34-24)17-23-10-12-26(29)27(30)16-23/h2-4,6-7,9-12,16,24H,5,8,13-15,17-20H2,1H3/t24-/m1/s1. The Hall–Kier alpha value is -3.03.